The molecule has 1 heterocycles. The fourth-order valence-corrected chi connectivity index (χ4v) is 2.93. The van der Waals surface area contributed by atoms with Crippen molar-refractivity contribution in [2.24, 2.45) is 0 Å². The van der Waals surface area contributed by atoms with Crippen LogP contribution in [0.4, 0.5) is 5.69 Å². The van der Waals surface area contributed by atoms with Crippen LogP contribution < -0.4 is 5.32 Å². The summed E-state index contributed by atoms with van der Waals surface area (Å²) >= 11 is 0. The first kappa shape index (κ1) is 20.3. The van der Waals surface area contributed by atoms with Gasteiger partial charge in [-0.3, -0.25) is 9.59 Å². The van der Waals surface area contributed by atoms with E-state index in [1.165, 1.54) is 0 Å². The van der Waals surface area contributed by atoms with Crippen LogP contribution in [0.2, 0.25) is 0 Å². The molecule has 0 aliphatic rings. The molecule has 0 fully saturated rings. The maximum atomic E-state index is 13.1. The Labute approximate surface area is 171 Å². The van der Waals surface area contributed by atoms with Crippen LogP contribution in [0.3, 0.4) is 0 Å². The molecule has 3 aromatic rings. The number of amides is 2. The molecule has 0 saturated heterocycles. The second kappa shape index (κ2) is 9.15. The molecule has 0 aliphatic carbocycles. The molecule has 5 heteroatoms. The summed E-state index contributed by atoms with van der Waals surface area (Å²) in [5.74, 6) is -0.545. The molecule has 0 bridgehead atoms. The molecule has 0 saturated carbocycles. The number of rotatable bonds is 6. The van der Waals surface area contributed by atoms with Crippen LogP contribution in [0, 0.1) is 6.92 Å². The number of nitrogens with one attached hydrogen (secondary N) is 1. The van der Waals surface area contributed by atoms with E-state index in [1.54, 1.807) is 23.1 Å². The van der Waals surface area contributed by atoms with E-state index in [9.17, 15) is 9.59 Å². The molecule has 29 heavy (non-hydrogen) atoms. The molecule has 0 atom stereocenters. The number of carbonyl (C=O) groups is 2. The average molecular weight is 387 g/mol. The first-order valence-corrected chi connectivity index (χ1v) is 9.64. The quantitative estimate of drug-likeness (QED) is 0.667. The normalized spacial score (nSPS) is 10.6. The van der Waals surface area contributed by atoms with Crippen molar-refractivity contribution in [3.63, 3.8) is 0 Å². The van der Waals surface area contributed by atoms with E-state index in [-0.39, 0.29) is 29.2 Å². The van der Waals surface area contributed by atoms with Gasteiger partial charge in [0.1, 0.15) is 11.4 Å². The fraction of sp³-hybridized carbons (Fsp3) is 0.208. The van der Waals surface area contributed by atoms with E-state index in [2.05, 4.69) is 10.3 Å². The first-order chi connectivity index (χ1) is 13.9. The Balaban J connectivity index is 1.78. The summed E-state index contributed by atoms with van der Waals surface area (Å²) in [4.78, 5) is 31.7. The van der Waals surface area contributed by atoms with Gasteiger partial charge >= 0.3 is 0 Å². The SMILES string of the molecule is Cc1ccc(NC(=O)c2cccc(C(=O)N(Cc3ccccc3)C(C)C)n2)cc1. The van der Waals surface area contributed by atoms with Crippen LogP contribution in [-0.2, 0) is 6.54 Å². The lowest BCUT2D eigenvalue weighted by Gasteiger charge is -2.26. The summed E-state index contributed by atoms with van der Waals surface area (Å²) in [5, 5.41) is 2.82. The smallest absolute Gasteiger partial charge is 0.274 e. The summed E-state index contributed by atoms with van der Waals surface area (Å²) in [6, 6.07) is 22.3. The molecule has 0 aliphatic heterocycles. The van der Waals surface area contributed by atoms with Crippen LogP contribution >= 0.6 is 0 Å². The molecule has 0 radical (unpaired) electrons. The highest BCUT2D eigenvalue weighted by molar-refractivity contribution is 6.03. The van der Waals surface area contributed by atoms with Gasteiger partial charge in [-0.15, -0.1) is 0 Å². The maximum absolute atomic E-state index is 13.1. The lowest BCUT2D eigenvalue weighted by Crippen LogP contribution is -2.37. The van der Waals surface area contributed by atoms with Gasteiger partial charge in [-0.1, -0.05) is 54.1 Å². The average Bonchev–Trinajstić information content (AvgIpc) is 2.74. The standard InChI is InChI=1S/C24H25N3O2/c1-17(2)27(16-19-8-5-4-6-9-19)24(29)22-11-7-10-21(26-22)23(28)25-20-14-12-18(3)13-15-20/h4-15,17H,16H2,1-3H3,(H,25,28). The molecular formula is C24H25N3O2. The Morgan fingerprint density at radius 1 is 0.897 bits per heavy atom. The van der Waals surface area contributed by atoms with Gasteiger partial charge < -0.3 is 10.2 Å². The molecule has 148 valence electrons. The van der Waals surface area contributed by atoms with Crippen LogP contribution in [-0.4, -0.2) is 27.7 Å². The molecule has 5 nitrogen and oxygen atoms in total. The monoisotopic (exact) mass is 387 g/mol. The summed E-state index contributed by atoms with van der Waals surface area (Å²) in [7, 11) is 0. The predicted molar refractivity (Wildman–Crippen MR) is 115 cm³/mol. The highest BCUT2D eigenvalue weighted by Gasteiger charge is 2.21. The van der Waals surface area contributed by atoms with Gasteiger partial charge in [0.05, 0.1) is 0 Å². The summed E-state index contributed by atoms with van der Waals surface area (Å²) < 4.78 is 0. The molecule has 2 amide bonds. The van der Waals surface area contributed by atoms with Gasteiger partial charge in [-0.2, -0.15) is 0 Å². The van der Waals surface area contributed by atoms with Crippen LogP contribution in [0.15, 0.2) is 72.8 Å². The van der Waals surface area contributed by atoms with Crippen molar-refractivity contribution in [3.8, 4) is 0 Å². The Hall–Kier alpha value is -3.47. The fourth-order valence-electron chi connectivity index (χ4n) is 2.93. The topological polar surface area (TPSA) is 62.3 Å². The lowest BCUT2D eigenvalue weighted by molar-refractivity contribution is 0.0684. The third kappa shape index (κ3) is 5.29. The van der Waals surface area contributed by atoms with Crippen LogP contribution in [0.25, 0.3) is 0 Å². The minimum absolute atomic E-state index is 0.00505. The number of carbonyl (C=O) groups excluding carboxylic acids is 2. The zero-order valence-electron chi connectivity index (χ0n) is 16.9. The minimum atomic E-state index is -0.345. The summed E-state index contributed by atoms with van der Waals surface area (Å²) in [6.45, 7) is 6.40. The van der Waals surface area contributed by atoms with Crippen molar-refractivity contribution in [1.29, 1.82) is 0 Å². The summed E-state index contributed by atoms with van der Waals surface area (Å²) in [6.07, 6.45) is 0. The third-order valence-electron chi connectivity index (χ3n) is 4.59. The van der Waals surface area contributed by atoms with E-state index in [1.807, 2.05) is 75.4 Å². The largest absolute Gasteiger partial charge is 0.331 e. The minimum Gasteiger partial charge on any atom is -0.331 e. The van der Waals surface area contributed by atoms with Gasteiger partial charge in [0, 0.05) is 18.3 Å². The maximum Gasteiger partial charge on any atom is 0.274 e. The van der Waals surface area contributed by atoms with E-state index in [0.29, 0.717) is 12.2 Å². The van der Waals surface area contributed by atoms with E-state index >= 15 is 0 Å². The Morgan fingerprint density at radius 2 is 1.55 bits per heavy atom. The van der Waals surface area contributed by atoms with Gasteiger partial charge in [0.25, 0.3) is 11.8 Å². The molecule has 1 N–H and O–H groups in total. The zero-order valence-corrected chi connectivity index (χ0v) is 16.9. The highest BCUT2D eigenvalue weighted by atomic mass is 16.2. The van der Waals surface area contributed by atoms with Crippen molar-refractivity contribution >= 4 is 17.5 Å². The van der Waals surface area contributed by atoms with Gasteiger partial charge in [0.2, 0.25) is 0 Å². The number of nitrogens with zero attached hydrogens (tertiary/aromatic N) is 2. The number of aromatic nitrogens is 1. The van der Waals surface area contributed by atoms with E-state index in [4.69, 9.17) is 0 Å². The van der Waals surface area contributed by atoms with Crippen molar-refractivity contribution in [2.45, 2.75) is 33.4 Å². The number of anilines is 1. The number of benzene rings is 2. The van der Waals surface area contributed by atoms with Crippen molar-refractivity contribution in [3.05, 3.63) is 95.3 Å². The van der Waals surface area contributed by atoms with Gasteiger partial charge in [-0.25, -0.2) is 4.98 Å². The highest BCUT2D eigenvalue weighted by Crippen LogP contribution is 2.14. The Morgan fingerprint density at radius 3 is 2.21 bits per heavy atom. The van der Waals surface area contributed by atoms with E-state index < -0.39 is 0 Å². The van der Waals surface area contributed by atoms with Crippen molar-refractivity contribution in [2.75, 3.05) is 5.32 Å². The molecule has 3 rings (SSSR count). The molecule has 2 aromatic carbocycles. The molecule has 0 unspecified atom stereocenters. The second-order valence-electron chi connectivity index (χ2n) is 7.24. The Kier molecular flexibility index (Phi) is 6.39. The first-order valence-electron chi connectivity index (χ1n) is 9.64. The molecule has 0 spiro atoms. The summed E-state index contributed by atoms with van der Waals surface area (Å²) in [5.41, 5.74) is 3.31. The lowest BCUT2D eigenvalue weighted by atomic mass is 10.1. The molecular weight excluding hydrogens is 362 g/mol. The van der Waals surface area contributed by atoms with Gasteiger partial charge in [0.15, 0.2) is 0 Å². The van der Waals surface area contributed by atoms with E-state index in [0.717, 1.165) is 11.1 Å². The predicted octanol–water partition coefficient (Wildman–Crippen LogP) is 4.69. The number of pyridine rings is 1. The number of hydrogen-bond donors (Lipinski definition) is 1. The number of hydrogen-bond acceptors (Lipinski definition) is 3. The van der Waals surface area contributed by atoms with Crippen molar-refractivity contribution in [1.82, 2.24) is 9.88 Å². The zero-order chi connectivity index (χ0) is 20.8. The Bertz CT molecular complexity index is 983. The molecule has 1 aromatic heterocycles. The van der Waals surface area contributed by atoms with Gasteiger partial charge in [-0.05, 0) is 50.6 Å². The van der Waals surface area contributed by atoms with Crippen molar-refractivity contribution < 1.29 is 9.59 Å². The third-order valence-corrected chi connectivity index (χ3v) is 4.59. The second-order valence-corrected chi connectivity index (χ2v) is 7.24. The van der Waals surface area contributed by atoms with Crippen LogP contribution in [0.1, 0.15) is 46.0 Å². The van der Waals surface area contributed by atoms with Crippen LogP contribution in [0.5, 0.6) is 0 Å². The number of aryl methyl sites for hydroxylation is 1.